The van der Waals surface area contributed by atoms with Crippen LogP contribution in [0.2, 0.25) is 0 Å². The average Bonchev–Trinajstić information content (AvgIpc) is 3.21. The van der Waals surface area contributed by atoms with E-state index in [0.29, 0.717) is 18.0 Å². The molecule has 0 aliphatic rings. The fourth-order valence-electron chi connectivity index (χ4n) is 3.31. The monoisotopic (exact) mass is 483 g/mol. The molecule has 1 aromatic heterocycles. The Labute approximate surface area is 202 Å². The maximum absolute atomic E-state index is 12.5. The Bertz CT molecular complexity index is 1110. The van der Waals surface area contributed by atoms with E-state index in [4.69, 9.17) is 9.84 Å². The Morgan fingerprint density at radius 2 is 1.85 bits per heavy atom. The highest BCUT2D eigenvalue weighted by Crippen LogP contribution is 2.21. The first-order valence-electron chi connectivity index (χ1n) is 11.1. The minimum absolute atomic E-state index is 0.129. The minimum atomic E-state index is -1.00. The lowest BCUT2D eigenvalue weighted by molar-refractivity contribution is -0.137. The SMILES string of the molecule is CCCCOC(=O)NC(CC(=O)O)SCc1ccc(NC(=O)Cn2ccc3ccccc32)cc1. The van der Waals surface area contributed by atoms with Gasteiger partial charge in [0.05, 0.1) is 18.4 Å². The highest BCUT2D eigenvalue weighted by Gasteiger charge is 2.17. The molecule has 0 aliphatic carbocycles. The number of ether oxygens (including phenoxy) is 1. The average molecular weight is 484 g/mol. The Kier molecular flexibility index (Phi) is 9.40. The Hall–Kier alpha value is -3.46. The summed E-state index contributed by atoms with van der Waals surface area (Å²) in [6, 6.07) is 17.2. The number of fused-ring (bicyclic) bond motifs is 1. The number of carboxylic acid groups (broad SMARTS) is 1. The molecule has 0 bridgehead atoms. The number of aromatic nitrogens is 1. The first-order chi connectivity index (χ1) is 16.4. The molecule has 0 saturated carbocycles. The summed E-state index contributed by atoms with van der Waals surface area (Å²) in [6.45, 7) is 2.51. The molecule has 2 aromatic carbocycles. The largest absolute Gasteiger partial charge is 0.481 e. The normalized spacial score (nSPS) is 11.7. The van der Waals surface area contributed by atoms with Crippen LogP contribution in [0, 0.1) is 0 Å². The van der Waals surface area contributed by atoms with Crippen LogP contribution in [-0.2, 0) is 26.6 Å². The van der Waals surface area contributed by atoms with E-state index in [2.05, 4.69) is 10.6 Å². The minimum Gasteiger partial charge on any atom is -0.481 e. The van der Waals surface area contributed by atoms with E-state index in [-0.39, 0.29) is 18.9 Å². The van der Waals surface area contributed by atoms with Crippen molar-refractivity contribution in [2.24, 2.45) is 0 Å². The van der Waals surface area contributed by atoms with Crippen LogP contribution in [0.25, 0.3) is 10.9 Å². The molecule has 34 heavy (non-hydrogen) atoms. The second-order valence-electron chi connectivity index (χ2n) is 7.78. The zero-order valence-electron chi connectivity index (χ0n) is 19.0. The smallest absolute Gasteiger partial charge is 0.408 e. The molecule has 180 valence electrons. The number of benzene rings is 2. The van der Waals surface area contributed by atoms with Gasteiger partial charge in [-0.1, -0.05) is 43.7 Å². The van der Waals surface area contributed by atoms with Crippen molar-refractivity contribution >= 4 is 46.3 Å². The second kappa shape index (κ2) is 12.7. The molecule has 8 nitrogen and oxygen atoms in total. The number of unbranched alkanes of at least 4 members (excludes halogenated alkanes) is 1. The van der Waals surface area contributed by atoms with Gasteiger partial charge < -0.3 is 25.0 Å². The van der Waals surface area contributed by atoms with Gasteiger partial charge in [0.2, 0.25) is 5.91 Å². The Morgan fingerprint density at radius 3 is 2.59 bits per heavy atom. The van der Waals surface area contributed by atoms with Crippen LogP contribution in [0.4, 0.5) is 10.5 Å². The van der Waals surface area contributed by atoms with Crippen LogP contribution in [0.1, 0.15) is 31.7 Å². The van der Waals surface area contributed by atoms with Gasteiger partial charge in [-0.2, -0.15) is 0 Å². The van der Waals surface area contributed by atoms with Crippen molar-refractivity contribution in [3.8, 4) is 0 Å². The summed E-state index contributed by atoms with van der Waals surface area (Å²) in [5.74, 6) is -0.632. The highest BCUT2D eigenvalue weighted by molar-refractivity contribution is 7.99. The van der Waals surface area contributed by atoms with Crippen LogP contribution >= 0.6 is 11.8 Å². The van der Waals surface area contributed by atoms with Crippen LogP contribution in [0.15, 0.2) is 60.8 Å². The summed E-state index contributed by atoms with van der Waals surface area (Å²) < 4.78 is 6.96. The van der Waals surface area contributed by atoms with Crippen LogP contribution < -0.4 is 10.6 Å². The molecule has 1 atom stereocenters. The predicted molar refractivity (Wildman–Crippen MR) is 134 cm³/mol. The lowest BCUT2D eigenvalue weighted by Gasteiger charge is -2.16. The Morgan fingerprint density at radius 1 is 1.09 bits per heavy atom. The van der Waals surface area contributed by atoms with Crippen molar-refractivity contribution in [1.82, 2.24) is 9.88 Å². The standard InChI is InChI=1S/C25H29N3O5S/c1-2-3-14-33-25(32)27-23(15-24(30)31)34-17-18-8-10-20(11-9-18)26-22(29)16-28-13-12-19-6-4-5-7-21(19)28/h4-13,23H,2-3,14-17H2,1H3,(H,26,29)(H,27,32)(H,30,31). The maximum atomic E-state index is 12.5. The van der Waals surface area contributed by atoms with E-state index in [0.717, 1.165) is 29.3 Å². The van der Waals surface area contributed by atoms with Gasteiger partial charge in [-0.15, -0.1) is 11.8 Å². The maximum Gasteiger partial charge on any atom is 0.408 e. The number of thioether (sulfide) groups is 1. The van der Waals surface area contributed by atoms with Crippen molar-refractivity contribution in [2.75, 3.05) is 11.9 Å². The molecule has 3 N–H and O–H groups in total. The summed E-state index contributed by atoms with van der Waals surface area (Å²) in [5, 5.41) is 15.1. The fourth-order valence-corrected chi connectivity index (χ4v) is 4.33. The van der Waals surface area contributed by atoms with Gasteiger partial charge >= 0.3 is 12.1 Å². The molecular weight excluding hydrogens is 454 g/mol. The van der Waals surface area contributed by atoms with Crippen LogP contribution in [-0.4, -0.2) is 39.6 Å². The third kappa shape index (κ3) is 7.84. The van der Waals surface area contributed by atoms with E-state index in [1.165, 1.54) is 11.8 Å². The third-order valence-electron chi connectivity index (χ3n) is 5.05. The lowest BCUT2D eigenvalue weighted by atomic mass is 10.2. The van der Waals surface area contributed by atoms with E-state index < -0.39 is 17.4 Å². The molecule has 9 heteroatoms. The van der Waals surface area contributed by atoms with E-state index in [1.807, 2.05) is 60.2 Å². The molecule has 0 spiro atoms. The summed E-state index contributed by atoms with van der Waals surface area (Å²) in [6.07, 6.45) is 2.73. The molecule has 0 fully saturated rings. The number of carbonyl (C=O) groups is 3. The molecular formula is C25H29N3O5S. The predicted octanol–water partition coefficient (Wildman–Crippen LogP) is 4.84. The third-order valence-corrected chi connectivity index (χ3v) is 6.24. The van der Waals surface area contributed by atoms with Crippen molar-refractivity contribution in [3.63, 3.8) is 0 Å². The number of aliphatic carboxylic acids is 1. The van der Waals surface area contributed by atoms with Gasteiger partial charge in [0.1, 0.15) is 6.54 Å². The highest BCUT2D eigenvalue weighted by atomic mass is 32.2. The number of rotatable bonds is 12. The number of carboxylic acids is 1. The molecule has 0 radical (unpaired) electrons. The van der Waals surface area contributed by atoms with Gasteiger partial charge in [0.25, 0.3) is 0 Å². The molecule has 3 aromatic rings. The first kappa shape index (κ1) is 25.2. The number of nitrogens with zero attached hydrogens (tertiary/aromatic N) is 1. The number of alkyl carbamates (subject to hydrolysis) is 1. The summed E-state index contributed by atoms with van der Waals surface area (Å²) in [7, 11) is 0. The van der Waals surface area contributed by atoms with Gasteiger partial charge in [0.15, 0.2) is 0 Å². The van der Waals surface area contributed by atoms with Crippen molar-refractivity contribution in [1.29, 1.82) is 0 Å². The molecule has 3 rings (SSSR count). The quantitative estimate of drug-likeness (QED) is 0.251. The van der Waals surface area contributed by atoms with Gasteiger partial charge in [-0.05, 0) is 41.6 Å². The molecule has 1 unspecified atom stereocenters. The molecule has 2 amide bonds. The Balaban J connectivity index is 1.50. The molecule has 1 heterocycles. The van der Waals surface area contributed by atoms with Crippen LogP contribution in [0.5, 0.6) is 0 Å². The summed E-state index contributed by atoms with van der Waals surface area (Å²) in [5.41, 5.74) is 2.62. The van der Waals surface area contributed by atoms with Gasteiger partial charge in [0, 0.05) is 23.2 Å². The number of carbonyl (C=O) groups excluding carboxylic acids is 2. The summed E-state index contributed by atoms with van der Waals surface area (Å²) >= 11 is 1.31. The van der Waals surface area contributed by atoms with E-state index >= 15 is 0 Å². The molecule has 0 saturated heterocycles. The van der Waals surface area contributed by atoms with E-state index in [9.17, 15) is 14.4 Å². The zero-order chi connectivity index (χ0) is 24.3. The summed E-state index contributed by atoms with van der Waals surface area (Å²) in [4.78, 5) is 35.5. The fraction of sp³-hybridized carbons (Fsp3) is 0.320. The van der Waals surface area contributed by atoms with E-state index in [1.54, 1.807) is 12.1 Å². The zero-order valence-corrected chi connectivity index (χ0v) is 19.8. The molecule has 0 aliphatic heterocycles. The number of para-hydroxylation sites is 1. The second-order valence-corrected chi connectivity index (χ2v) is 8.97. The number of amides is 2. The van der Waals surface area contributed by atoms with Crippen LogP contribution in [0.3, 0.4) is 0 Å². The van der Waals surface area contributed by atoms with Crippen molar-refractivity contribution in [2.45, 2.75) is 43.9 Å². The van der Waals surface area contributed by atoms with Crippen molar-refractivity contribution < 1.29 is 24.2 Å². The first-order valence-corrected chi connectivity index (χ1v) is 12.2. The number of hydrogen-bond acceptors (Lipinski definition) is 5. The van der Waals surface area contributed by atoms with Gasteiger partial charge in [-0.25, -0.2) is 4.79 Å². The number of anilines is 1. The number of hydrogen-bond donors (Lipinski definition) is 3. The van der Waals surface area contributed by atoms with Crippen molar-refractivity contribution in [3.05, 3.63) is 66.4 Å². The lowest BCUT2D eigenvalue weighted by Crippen LogP contribution is -2.35. The number of nitrogens with one attached hydrogen (secondary N) is 2. The topological polar surface area (TPSA) is 110 Å². The van der Waals surface area contributed by atoms with Gasteiger partial charge in [-0.3, -0.25) is 9.59 Å².